The van der Waals surface area contributed by atoms with E-state index in [0.717, 1.165) is 12.8 Å². The number of nitrogens with two attached hydrogens (primary N) is 1. The summed E-state index contributed by atoms with van der Waals surface area (Å²) >= 11 is 1.19. The zero-order valence-electron chi connectivity index (χ0n) is 10.7. The number of nitrogens with zero attached hydrogens (tertiary/aromatic N) is 2. The van der Waals surface area contributed by atoms with Crippen LogP contribution in [0.25, 0.3) is 0 Å². The SMILES string of the molecule is CN(C(N)=NCCNS(=O)(=O)c1cccs1)C1CC1. The van der Waals surface area contributed by atoms with E-state index in [4.69, 9.17) is 5.73 Å². The van der Waals surface area contributed by atoms with Gasteiger partial charge in [0.15, 0.2) is 5.96 Å². The van der Waals surface area contributed by atoms with Crippen LogP contribution in [-0.2, 0) is 10.0 Å². The summed E-state index contributed by atoms with van der Waals surface area (Å²) in [4.78, 5) is 6.10. The predicted molar refractivity (Wildman–Crippen MR) is 76.8 cm³/mol. The number of nitrogens with one attached hydrogen (secondary N) is 1. The van der Waals surface area contributed by atoms with Crippen molar-refractivity contribution in [3.8, 4) is 0 Å². The van der Waals surface area contributed by atoms with E-state index in [-0.39, 0.29) is 6.54 Å². The molecule has 0 aliphatic heterocycles. The van der Waals surface area contributed by atoms with Crippen molar-refractivity contribution in [1.82, 2.24) is 9.62 Å². The minimum absolute atomic E-state index is 0.249. The summed E-state index contributed by atoms with van der Waals surface area (Å²) in [7, 11) is -1.49. The third kappa shape index (κ3) is 3.92. The highest BCUT2D eigenvalue weighted by atomic mass is 32.2. The van der Waals surface area contributed by atoms with Crippen molar-refractivity contribution in [2.24, 2.45) is 10.7 Å². The van der Waals surface area contributed by atoms with Crippen molar-refractivity contribution in [2.45, 2.75) is 23.1 Å². The van der Waals surface area contributed by atoms with E-state index in [9.17, 15) is 8.42 Å². The Morgan fingerprint density at radius 1 is 1.63 bits per heavy atom. The molecule has 1 heterocycles. The topological polar surface area (TPSA) is 87.8 Å². The first-order valence-electron chi connectivity index (χ1n) is 6.06. The van der Waals surface area contributed by atoms with Gasteiger partial charge in [0.25, 0.3) is 0 Å². The van der Waals surface area contributed by atoms with Gasteiger partial charge < -0.3 is 10.6 Å². The molecule has 0 aromatic carbocycles. The van der Waals surface area contributed by atoms with Crippen LogP contribution < -0.4 is 10.5 Å². The molecular weight excluding hydrogens is 284 g/mol. The third-order valence-electron chi connectivity index (χ3n) is 2.89. The molecule has 1 aliphatic rings. The Hall–Kier alpha value is -1.12. The van der Waals surface area contributed by atoms with Gasteiger partial charge in [-0.2, -0.15) is 0 Å². The Labute approximate surface area is 117 Å². The monoisotopic (exact) mass is 302 g/mol. The molecule has 8 heteroatoms. The summed E-state index contributed by atoms with van der Waals surface area (Å²) < 4.78 is 26.4. The maximum absolute atomic E-state index is 11.8. The maximum atomic E-state index is 11.8. The number of sulfonamides is 1. The van der Waals surface area contributed by atoms with Crippen LogP contribution in [0.2, 0.25) is 0 Å². The number of thiophene rings is 1. The number of hydrogen-bond acceptors (Lipinski definition) is 4. The molecular formula is C11H18N4O2S2. The summed E-state index contributed by atoms with van der Waals surface area (Å²) in [6.07, 6.45) is 2.30. The smallest absolute Gasteiger partial charge is 0.250 e. The van der Waals surface area contributed by atoms with Crippen LogP contribution in [0.3, 0.4) is 0 Å². The minimum Gasteiger partial charge on any atom is -0.370 e. The molecule has 6 nitrogen and oxygen atoms in total. The number of rotatable bonds is 6. The zero-order valence-corrected chi connectivity index (χ0v) is 12.4. The average Bonchev–Trinajstić information content (AvgIpc) is 3.07. The van der Waals surface area contributed by atoms with Crippen LogP contribution in [0.5, 0.6) is 0 Å². The van der Waals surface area contributed by atoms with Crippen LogP contribution in [0, 0.1) is 0 Å². The fourth-order valence-corrected chi connectivity index (χ4v) is 3.66. The summed E-state index contributed by atoms with van der Waals surface area (Å²) in [6.45, 7) is 0.590. The highest BCUT2D eigenvalue weighted by Gasteiger charge is 2.27. The Morgan fingerprint density at radius 3 is 2.95 bits per heavy atom. The quantitative estimate of drug-likeness (QED) is 0.453. The molecule has 0 unspecified atom stereocenters. The minimum atomic E-state index is -3.39. The van der Waals surface area contributed by atoms with Crippen LogP contribution in [0.4, 0.5) is 0 Å². The fourth-order valence-electron chi connectivity index (χ4n) is 1.60. The molecule has 2 rings (SSSR count). The maximum Gasteiger partial charge on any atom is 0.250 e. The van der Waals surface area contributed by atoms with E-state index in [0.29, 0.717) is 22.8 Å². The van der Waals surface area contributed by atoms with E-state index >= 15 is 0 Å². The first kappa shape index (κ1) is 14.3. The Balaban J connectivity index is 1.79. The molecule has 1 saturated carbocycles. The Morgan fingerprint density at radius 2 is 2.37 bits per heavy atom. The van der Waals surface area contributed by atoms with Crippen LogP contribution >= 0.6 is 11.3 Å². The summed E-state index contributed by atoms with van der Waals surface area (Å²) in [5.41, 5.74) is 5.80. The molecule has 0 spiro atoms. The first-order chi connectivity index (χ1) is 9.00. The van der Waals surface area contributed by atoms with Gasteiger partial charge in [-0.05, 0) is 24.3 Å². The molecule has 1 aromatic heterocycles. The molecule has 0 saturated heterocycles. The second kappa shape index (κ2) is 5.89. The molecule has 1 fully saturated rings. The molecule has 0 atom stereocenters. The van der Waals surface area contributed by atoms with Crippen molar-refractivity contribution in [2.75, 3.05) is 20.1 Å². The van der Waals surface area contributed by atoms with Crippen molar-refractivity contribution < 1.29 is 8.42 Å². The second-order valence-corrected chi connectivity index (χ2v) is 7.35. The van der Waals surface area contributed by atoms with Crippen molar-refractivity contribution in [1.29, 1.82) is 0 Å². The van der Waals surface area contributed by atoms with Gasteiger partial charge in [-0.15, -0.1) is 11.3 Å². The van der Waals surface area contributed by atoms with Gasteiger partial charge >= 0.3 is 0 Å². The normalized spacial score (nSPS) is 16.6. The number of hydrogen-bond donors (Lipinski definition) is 2. The molecule has 1 aromatic rings. The molecule has 0 amide bonds. The zero-order chi connectivity index (χ0) is 13.9. The second-order valence-electron chi connectivity index (χ2n) is 4.41. The number of guanidine groups is 1. The fraction of sp³-hybridized carbons (Fsp3) is 0.545. The van der Waals surface area contributed by atoms with Crippen LogP contribution in [0.1, 0.15) is 12.8 Å². The Kier molecular flexibility index (Phi) is 4.43. The van der Waals surface area contributed by atoms with Crippen LogP contribution in [0.15, 0.2) is 26.7 Å². The van der Waals surface area contributed by atoms with Gasteiger partial charge in [0, 0.05) is 19.6 Å². The van der Waals surface area contributed by atoms with E-state index in [1.807, 2.05) is 11.9 Å². The average molecular weight is 302 g/mol. The highest BCUT2D eigenvalue weighted by Crippen LogP contribution is 2.24. The van der Waals surface area contributed by atoms with E-state index < -0.39 is 10.0 Å². The van der Waals surface area contributed by atoms with E-state index in [1.165, 1.54) is 11.3 Å². The molecule has 0 bridgehead atoms. The third-order valence-corrected chi connectivity index (χ3v) is 5.75. The van der Waals surface area contributed by atoms with E-state index in [1.54, 1.807) is 17.5 Å². The molecule has 0 radical (unpaired) electrons. The van der Waals surface area contributed by atoms with E-state index in [2.05, 4.69) is 9.71 Å². The van der Waals surface area contributed by atoms with Crippen molar-refractivity contribution in [3.05, 3.63) is 17.5 Å². The largest absolute Gasteiger partial charge is 0.370 e. The lowest BCUT2D eigenvalue weighted by Gasteiger charge is -2.16. The van der Waals surface area contributed by atoms with Crippen molar-refractivity contribution in [3.63, 3.8) is 0 Å². The first-order valence-corrected chi connectivity index (χ1v) is 8.43. The lowest BCUT2D eigenvalue weighted by molar-refractivity contribution is 0.487. The van der Waals surface area contributed by atoms with Crippen molar-refractivity contribution >= 4 is 27.3 Å². The molecule has 19 heavy (non-hydrogen) atoms. The number of aliphatic imine (C=N–C) groups is 1. The van der Waals surface area contributed by atoms with Gasteiger partial charge in [-0.25, -0.2) is 13.1 Å². The summed E-state index contributed by atoms with van der Waals surface area (Å²) in [6, 6.07) is 3.79. The summed E-state index contributed by atoms with van der Waals surface area (Å²) in [5, 5.41) is 1.73. The van der Waals surface area contributed by atoms with Gasteiger partial charge in [0.2, 0.25) is 10.0 Å². The predicted octanol–water partition coefficient (Wildman–Crippen LogP) is 0.435. The molecule has 106 valence electrons. The summed E-state index contributed by atoms with van der Waals surface area (Å²) in [5.74, 6) is 0.470. The standard InChI is InChI=1S/C11H18N4O2S2/c1-15(9-4-5-9)11(12)13-6-7-14-19(16,17)10-3-2-8-18-10/h2-3,8-9,14H,4-7H2,1H3,(H2,12,13). The lowest BCUT2D eigenvalue weighted by atomic mass is 10.6. The molecule has 1 aliphatic carbocycles. The highest BCUT2D eigenvalue weighted by molar-refractivity contribution is 7.91. The Bertz CT molecular complexity index is 535. The van der Waals surface area contributed by atoms with Gasteiger partial charge in [0.1, 0.15) is 4.21 Å². The molecule has 3 N–H and O–H groups in total. The van der Waals surface area contributed by atoms with Gasteiger partial charge in [-0.1, -0.05) is 6.07 Å². The lowest BCUT2D eigenvalue weighted by Crippen LogP contribution is -2.36. The van der Waals surface area contributed by atoms with Crippen LogP contribution in [-0.4, -0.2) is 45.5 Å². The van der Waals surface area contributed by atoms with Gasteiger partial charge in [-0.3, -0.25) is 4.99 Å². The van der Waals surface area contributed by atoms with Gasteiger partial charge in [0.05, 0.1) is 6.54 Å².